The molecule has 0 aliphatic heterocycles. The van der Waals surface area contributed by atoms with E-state index < -0.39 is 0 Å². The van der Waals surface area contributed by atoms with Crippen molar-refractivity contribution in [3.05, 3.63) is 65.5 Å². The van der Waals surface area contributed by atoms with Crippen molar-refractivity contribution in [1.82, 2.24) is 15.1 Å². The molecule has 0 bridgehead atoms. The van der Waals surface area contributed by atoms with Gasteiger partial charge in [-0.3, -0.25) is 9.48 Å². The normalized spacial score (nSPS) is 10.2. The molecule has 9 heteroatoms. The fourth-order valence-electron chi connectivity index (χ4n) is 3.02. The minimum Gasteiger partial charge on any atom is -0.496 e. The summed E-state index contributed by atoms with van der Waals surface area (Å²) >= 11 is 0. The average Bonchev–Trinajstić information content (AvgIpc) is 3.18. The lowest BCUT2D eigenvalue weighted by Gasteiger charge is -2.16. The average molecular weight is 447 g/mol. The van der Waals surface area contributed by atoms with Gasteiger partial charge in [0.25, 0.3) is 5.91 Å². The molecule has 3 N–H and O–H groups in total. The molecular formula is C22H27ClN4O4. The zero-order chi connectivity index (χ0) is 21.5. The van der Waals surface area contributed by atoms with Crippen LogP contribution in [0.2, 0.25) is 0 Å². The molecule has 8 nitrogen and oxygen atoms in total. The third-order valence-electron chi connectivity index (χ3n) is 4.56. The van der Waals surface area contributed by atoms with Crippen LogP contribution >= 0.6 is 12.4 Å². The molecule has 0 saturated carbocycles. The number of aromatic nitrogens is 2. The highest BCUT2D eigenvalue weighted by atomic mass is 35.5. The highest BCUT2D eigenvalue weighted by Crippen LogP contribution is 2.36. The Morgan fingerprint density at radius 3 is 2.45 bits per heavy atom. The molecule has 1 aromatic heterocycles. The molecule has 0 radical (unpaired) electrons. The van der Waals surface area contributed by atoms with Crippen molar-refractivity contribution >= 4 is 18.3 Å². The smallest absolute Gasteiger partial charge is 0.251 e. The summed E-state index contributed by atoms with van der Waals surface area (Å²) in [4.78, 5) is 12.6. The first-order valence-electron chi connectivity index (χ1n) is 9.55. The predicted molar refractivity (Wildman–Crippen MR) is 120 cm³/mol. The maximum Gasteiger partial charge on any atom is 0.251 e. The van der Waals surface area contributed by atoms with Gasteiger partial charge in [-0.1, -0.05) is 6.07 Å². The molecule has 1 heterocycles. The van der Waals surface area contributed by atoms with Gasteiger partial charge >= 0.3 is 0 Å². The van der Waals surface area contributed by atoms with E-state index in [1.165, 1.54) is 0 Å². The van der Waals surface area contributed by atoms with Crippen LogP contribution in [0.25, 0.3) is 0 Å². The topological polar surface area (TPSA) is 101 Å². The van der Waals surface area contributed by atoms with Gasteiger partial charge in [-0.15, -0.1) is 12.4 Å². The Morgan fingerprint density at radius 1 is 1.06 bits per heavy atom. The van der Waals surface area contributed by atoms with E-state index >= 15 is 0 Å². The SMILES string of the molecule is COc1ccc(C(=O)NCCn2ccc(C)n2)cc1Oc1cccc(OC)c1CN.Cl. The number of nitrogens with two attached hydrogens (primary N) is 1. The highest BCUT2D eigenvalue weighted by molar-refractivity contribution is 5.94. The van der Waals surface area contributed by atoms with Crippen LogP contribution in [0.15, 0.2) is 48.7 Å². The van der Waals surface area contributed by atoms with E-state index in [9.17, 15) is 4.79 Å². The van der Waals surface area contributed by atoms with E-state index in [0.29, 0.717) is 41.7 Å². The fraction of sp³-hybridized carbons (Fsp3) is 0.273. The molecule has 31 heavy (non-hydrogen) atoms. The molecule has 0 atom stereocenters. The number of hydrogen-bond acceptors (Lipinski definition) is 6. The number of hydrogen-bond donors (Lipinski definition) is 2. The van der Waals surface area contributed by atoms with Crippen LogP contribution in [0.5, 0.6) is 23.0 Å². The number of methoxy groups -OCH3 is 2. The number of amides is 1. The van der Waals surface area contributed by atoms with Crippen LogP contribution in [-0.2, 0) is 13.1 Å². The van der Waals surface area contributed by atoms with Crippen molar-refractivity contribution in [2.75, 3.05) is 20.8 Å². The lowest BCUT2D eigenvalue weighted by molar-refractivity contribution is 0.0951. The second-order valence-corrected chi connectivity index (χ2v) is 6.58. The number of halogens is 1. The monoisotopic (exact) mass is 446 g/mol. The lowest BCUT2D eigenvalue weighted by atomic mass is 10.1. The molecule has 0 aliphatic rings. The minimum absolute atomic E-state index is 0. The van der Waals surface area contributed by atoms with Crippen LogP contribution in [0.1, 0.15) is 21.6 Å². The Bertz CT molecular complexity index is 1020. The van der Waals surface area contributed by atoms with Gasteiger partial charge in [0, 0.05) is 24.8 Å². The zero-order valence-corrected chi connectivity index (χ0v) is 18.6. The van der Waals surface area contributed by atoms with Crippen molar-refractivity contribution in [2.45, 2.75) is 20.0 Å². The number of nitrogens with zero attached hydrogens (tertiary/aromatic N) is 2. The summed E-state index contributed by atoms with van der Waals surface area (Å²) in [6.07, 6.45) is 1.88. The van der Waals surface area contributed by atoms with Gasteiger partial charge in [-0.25, -0.2) is 0 Å². The van der Waals surface area contributed by atoms with Gasteiger partial charge in [0.1, 0.15) is 11.5 Å². The molecule has 166 valence electrons. The standard InChI is InChI=1S/C22H26N4O4.ClH/c1-15-9-11-26(25-15)12-10-24-22(27)16-7-8-20(29-3)21(13-16)30-19-6-4-5-18(28-2)17(19)14-23;/h4-9,11,13H,10,12,14,23H2,1-3H3,(H,24,27);1H. The maximum atomic E-state index is 12.6. The molecule has 0 saturated heterocycles. The van der Waals surface area contributed by atoms with Gasteiger partial charge in [-0.05, 0) is 43.3 Å². The number of carbonyl (C=O) groups is 1. The summed E-state index contributed by atoms with van der Waals surface area (Å²) in [5, 5.41) is 7.19. The van der Waals surface area contributed by atoms with Crippen molar-refractivity contribution in [3.8, 4) is 23.0 Å². The number of aryl methyl sites for hydroxylation is 1. The highest BCUT2D eigenvalue weighted by Gasteiger charge is 2.15. The number of carbonyl (C=O) groups excluding carboxylic acids is 1. The number of nitrogens with one attached hydrogen (secondary N) is 1. The van der Waals surface area contributed by atoms with Crippen molar-refractivity contribution in [1.29, 1.82) is 0 Å². The Labute approximate surface area is 187 Å². The largest absolute Gasteiger partial charge is 0.496 e. The summed E-state index contributed by atoms with van der Waals surface area (Å²) in [5.74, 6) is 1.88. The fourth-order valence-corrected chi connectivity index (χ4v) is 3.02. The van der Waals surface area contributed by atoms with E-state index in [-0.39, 0.29) is 24.9 Å². The lowest BCUT2D eigenvalue weighted by Crippen LogP contribution is -2.27. The van der Waals surface area contributed by atoms with Gasteiger partial charge in [0.15, 0.2) is 11.5 Å². The first-order chi connectivity index (χ1) is 14.5. The Kier molecular flexibility index (Phi) is 8.72. The number of benzene rings is 2. The molecule has 3 rings (SSSR count). The van der Waals surface area contributed by atoms with E-state index in [1.54, 1.807) is 43.2 Å². The number of rotatable bonds is 9. The first kappa shape index (κ1) is 24.0. The summed E-state index contributed by atoms with van der Waals surface area (Å²) < 4.78 is 18.6. The minimum atomic E-state index is -0.212. The van der Waals surface area contributed by atoms with E-state index in [0.717, 1.165) is 11.3 Å². The molecule has 1 amide bonds. The zero-order valence-electron chi connectivity index (χ0n) is 17.8. The third-order valence-corrected chi connectivity index (χ3v) is 4.56. The number of ether oxygens (including phenoxy) is 3. The molecule has 2 aromatic carbocycles. The van der Waals surface area contributed by atoms with Crippen LogP contribution in [0.4, 0.5) is 0 Å². The van der Waals surface area contributed by atoms with Gasteiger partial charge in [0.05, 0.1) is 32.0 Å². The van der Waals surface area contributed by atoms with Crippen LogP contribution in [0, 0.1) is 6.92 Å². The maximum absolute atomic E-state index is 12.6. The predicted octanol–water partition coefficient (Wildman–Crippen LogP) is 3.31. The summed E-state index contributed by atoms with van der Waals surface area (Å²) in [5.41, 5.74) is 8.00. The molecule has 0 unspecified atom stereocenters. The third kappa shape index (κ3) is 5.90. The van der Waals surface area contributed by atoms with Crippen molar-refractivity contribution < 1.29 is 19.0 Å². The van der Waals surface area contributed by atoms with Gasteiger partial charge in [-0.2, -0.15) is 5.10 Å². The molecule has 3 aromatic rings. The molecule has 0 aliphatic carbocycles. The second kappa shape index (κ2) is 11.2. The Morgan fingerprint density at radius 2 is 1.81 bits per heavy atom. The first-order valence-corrected chi connectivity index (χ1v) is 9.55. The Hall–Kier alpha value is -3.23. The van der Waals surface area contributed by atoms with Gasteiger partial charge in [0.2, 0.25) is 0 Å². The summed E-state index contributed by atoms with van der Waals surface area (Å²) in [6.45, 7) is 3.21. The molecule has 0 spiro atoms. The Balaban J connectivity index is 0.00000341. The van der Waals surface area contributed by atoms with E-state index in [2.05, 4.69) is 10.4 Å². The van der Waals surface area contributed by atoms with Crippen molar-refractivity contribution in [3.63, 3.8) is 0 Å². The van der Waals surface area contributed by atoms with Crippen molar-refractivity contribution in [2.24, 2.45) is 5.73 Å². The van der Waals surface area contributed by atoms with E-state index in [1.807, 2.05) is 31.3 Å². The quantitative estimate of drug-likeness (QED) is 0.523. The van der Waals surface area contributed by atoms with E-state index in [4.69, 9.17) is 19.9 Å². The summed E-state index contributed by atoms with van der Waals surface area (Å²) in [6, 6.07) is 12.4. The van der Waals surface area contributed by atoms with Gasteiger partial charge < -0.3 is 25.3 Å². The molecule has 0 fully saturated rings. The summed E-state index contributed by atoms with van der Waals surface area (Å²) in [7, 11) is 3.12. The van der Waals surface area contributed by atoms with Crippen LogP contribution in [0.3, 0.4) is 0 Å². The van der Waals surface area contributed by atoms with Crippen LogP contribution in [-0.4, -0.2) is 36.5 Å². The molecular weight excluding hydrogens is 420 g/mol. The van der Waals surface area contributed by atoms with Crippen LogP contribution < -0.4 is 25.3 Å². The second-order valence-electron chi connectivity index (χ2n) is 6.58.